The highest BCUT2D eigenvalue weighted by atomic mass is 35.5. The monoisotopic (exact) mass is 293 g/mol. The van der Waals surface area contributed by atoms with Crippen molar-refractivity contribution >= 4 is 17.3 Å². The average molecular weight is 294 g/mol. The molecule has 0 saturated heterocycles. The Morgan fingerprint density at radius 2 is 1.65 bits per heavy atom. The number of hydrogen-bond acceptors (Lipinski definition) is 4. The number of hydrogen-bond donors (Lipinski definition) is 0. The number of nitrogens with zero attached hydrogens (tertiary/aromatic N) is 1. The van der Waals surface area contributed by atoms with E-state index in [-0.39, 0.29) is 24.7 Å². The maximum atomic E-state index is 10.8. The summed E-state index contributed by atoms with van der Waals surface area (Å²) in [5.41, 5.74) is -0.0565. The van der Waals surface area contributed by atoms with Gasteiger partial charge >= 0.3 is 5.69 Å². The molecule has 0 aromatic heterocycles. The van der Waals surface area contributed by atoms with Crippen LogP contribution in [0, 0.1) is 10.1 Å². The molecule has 0 saturated carbocycles. The number of benzene rings is 2. The van der Waals surface area contributed by atoms with Gasteiger partial charge in [-0.05, 0) is 30.3 Å². The molecule has 0 aliphatic heterocycles. The van der Waals surface area contributed by atoms with Crippen molar-refractivity contribution < 1.29 is 14.4 Å². The van der Waals surface area contributed by atoms with Crippen LogP contribution in [0.5, 0.6) is 11.5 Å². The Labute approximate surface area is 120 Å². The van der Waals surface area contributed by atoms with Gasteiger partial charge in [-0.15, -0.1) is 0 Å². The predicted molar refractivity (Wildman–Crippen MR) is 75.5 cm³/mol. The van der Waals surface area contributed by atoms with E-state index in [1.54, 1.807) is 42.5 Å². The van der Waals surface area contributed by atoms with E-state index in [0.29, 0.717) is 10.8 Å². The molecule has 0 atom stereocenters. The summed E-state index contributed by atoms with van der Waals surface area (Å²) in [5, 5.41) is 11.4. The van der Waals surface area contributed by atoms with E-state index >= 15 is 0 Å². The van der Waals surface area contributed by atoms with E-state index in [0.717, 1.165) is 0 Å². The first-order valence-electron chi connectivity index (χ1n) is 5.91. The number of rotatable bonds is 6. The van der Waals surface area contributed by atoms with Crippen molar-refractivity contribution in [2.45, 2.75) is 0 Å². The molecular weight excluding hydrogens is 282 g/mol. The summed E-state index contributed by atoms with van der Waals surface area (Å²) in [5.74, 6) is 0.901. The Bertz CT molecular complexity index is 586. The van der Waals surface area contributed by atoms with E-state index < -0.39 is 4.92 Å². The summed E-state index contributed by atoms with van der Waals surface area (Å²) in [7, 11) is 0. The van der Waals surface area contributed by atoms with Crippen molar-refractivity contribution in [3.63, 3.8) is 0 Å². The van der Waals surface area contributed by atoms with Crippen molar-refractivity contribution in [1.29, 1.82) is 0 Å². The lowest BCUT2D eigenvalue weighted by Gasteiger charge is -2.08. The van der Waals surface area contributed by atoms with Gasteiger partial charge in [0, 0.05) is 11.1 Å². The zero-order valence-electron chi connectivity index (χ0n) is 10.5. The molecule has 5 nitrogen and oxygen atoms in total. The van der Waals surface area contributed by atoms with Gasteiger partial charge in [-0.3, -0.25) is 10.1 Å². The standard InChI is InChI=1S/C14H12ClNO4/c15-11-5-7-12(8-6-11)19-9-10-20-14-4-2-1-3-13(14)16(17)18/h1-8H,9-10H2. The van der Waals surface area contributed by atoms with Crippen LogP contribution in [0.15, 0.2) is 48.5 Å². The number of halogens is 1. The molecule has 2 aromatic rings. The highest BCUT2D eigenvalue weighted by Crippen LogP contribution is 2.25. The van der Waals surface area contributed by atoms with E-state index in [9.17, 15) is 10.1 Å². The molecular formula is C14H12ClNO4. The van der Waals surface area contributed by atoms with Gasteiger partial charge in [0.1, 0.15) is 19.0 Å². The molecule has 0 N–H and O–H groups in total. The minimum atomic E-state index is -0.477. The van der Waals surface area contributed by atoms with Crippen LogP contribution >= 0.6 is 11.6 Å². The summed E-state index contributed by atoms with van der Waals surface area (Å²) < 4.78 is 10.8. The number of ether oxygens (including phenoxy) is 2. The second-order valence-electron chi connectivity index (χ2n) is 3.88. The second-order valence-corrected chi connectivity index (χ2v) is 4.31. The zero-order valence-corrected chi connectivity index (χ0v) is 11.2. The lowest BCUT2D eigenvalue weighted by atomic mass is 10.3. The first-order chi connectivity index (χ1) is 9.66. The van der Waals surface area contributed by atoms with Crippen LogP contribution in [0.4, 0.5) is 5.69 Å². The van der Waals surface area contributed by atoms with Crippen molar-refractivity contribution in [2.24, 2.45) is 0 Å². The van der Waals surface area contributed by atoms with Crippen molar-refractivity contribution in [3.05, 3.63) is 63.7 Å². The van der Waals surface area contributed by atoms with Crippen molar-refractivity contribution in [2.75, 3.05) is 13.2 Å². The van der Waals surface area contributed by atoms with Gasteiger partial charge in [-0.1, -0.05) is 23.7 Å². The van der Waals surface area contributed by atoms with Gasteiger partial charge < -0.3 is 9.47 Å². The Morgan fingerprint density at radius 3 is 2.35 bits per heavy atom. The first-order valence-corrected chi connectivity index (χ1v) is 6.29. The maximum Gasteiger partial charge on any atom is 0.310 e. The Kier molecular flexibility index (Phi) is 4.79. The molecule has 0 unspecified atom stereocenters. The molecule has 0 spiro atoms. The first kappa shape index (κ1) is 14.1. The molecule has 104 valence electrons. The Morgan fingerprint density at radius 1 is 1.00 bits per heavy atom. The number of nitro benzene ring substituents is 1. The van der Waals surface area contributed by atoms with Crippen LogP contribution in [-0.2, 0) is 0 Å². The molecule has 0 amide bonds. The smallest absolute Gasteiger partial charge is 0.310 e. The van der Waals surface area contributed by atoms with Crippen LogP contribution in [-0.4, -0.2) is 18.1 Å². The SMILES string of the molecule is O=[N+]([O-])c1ccccc1OCCOc1ccc(Cl)cc1. The molecule has 0 aliphatic rings. The van der Waals surface area contributed by atoms with Crippen LogP contribution in [0.1, 0.15) is 0 Å². The molecule has 2 rings (SSSR count). The normalized spacial score (nSPS) is 10.1. The highest BCUT2D eigenvalue weighted by molar-refractivity contribution is 6.30. The van der Waals surface area contributed by atoms with Gasteiger partial charge in [0.2, 0.25) is 0 Å². The van der Waals surface area contributed by atoms with Gasteiger partial charge in [0.15, 0.2) is 5.75 Å². The topological polar surface area (TPSA) is 61.6 Å². The van der Waals surface area contributed by atoms with E-state index in [1.165, 1.54) is 6.07 Å². The molecule has 2 aromatic carbocycles. The molecule has 0 aliphatic carbocycles. The largest absolute Gasteiger partial charge is 0.490 e. The van der Waals surface area contributed by atoms with Crippen molar-refractivity contribution in [1.82, 2.24) is 0 Å². The Hall–Kier alpha value is -2.27. The second kappa shape index (κ2) is 6.77. The maximum absolute atomic E-state index is 10.8. The minimum absolute atomic E-state index is 0.0565. The van der Waals surface area contributed by atoms with Crippen LogP contribution in [0.2, 0.25) is 5.02 Å². The zero-order chi connectivity index (χ0) is 14.4. The molecule has 20 heavy (non-hydrogen) atoms. The third kappa shape index (κ3) is 3.86. The minimum Gasteiger partial charge on any atom is -0.490 e. The van der Waals surface area contributed by atoms with E-state index in [2.05, 4.69) is 0 Å². The van der Waals surface area contributed by atoms with E-state index in [1.807, 2.05) is 0 Å². The fraction of sp³-hybridized carbons (Fsp3) is 0.143. The van der Waals surface area contributed by atoms with Gasteiger partial charge in [-0.25, -0.2) is 0 Å². The van der Waals surface area contributed by atoms with E-state index in [4.69, 9.17) is 21.1 Å². The summed E-state index contributed by atoms with van der Waals surface area (Å²) in [4.78, 5) is 10.3. The molecule has 0 fully saturated rings. The summed E-state index contributed by atoms with van der Waals surface area (Å²) in [6.45, 7) is 0.501. The third-order valence-electron chi connectivity index (χ3n) is 2.49. The fourth-order valence-corrected chi connectivity index (χ4v) is 1.70. The lowest BCUT2D eigenvalue weighted by molar-refractivity contribution is -0.385. The molecule has 0 radical (unpaired) electrons. The van der Waals surface area contributed by atoms with Crippen molar-refractivity contribution in [3.8, 4) is 11.5 Å². The quantitative estimate of drug-likeness (QED) is 0.463. The highest BCUT2D eigenvalue weighted by Gasteiger charge is 2.13. The Balaban J connectivity index is 1.84. The summed E-state index contributed by atoms with van der Waals surface area (Å²) >= 11 is 5.76. The van der Waals surface area contributed by atoms with Gasteiger partial charge in [0.25, 0.3) is 0 Å². The predicted octanol–water partition coefficient (Wildman–Crippen LogP) is 3.71. The molecule has 6 heteroatoms. The third-order valence-corrected chi connectivity index (χ3v) is 2.74. The molecule has 0 heterocycles. The summed E-state index contributed by atoms with van der Waals surface area (Å²) in [6, 6.07) is 13.2. The lowest BCUT2D eigenvalue weighted by Crippen LogP contribution is -2.09. The fourth-order valence-electron chi connectivity index (χ4n) is 1.57. The number of nitro groups is 1. The molecule has 0 bridgehead atoms. The van der Waals surface area contributed by atoms with Crippen LogP contribution in [0.3, 0.4) is 0 Å². The van der Waals surface area contributed by atoms with Gasteiger partial charge in [-0.2, -0.15) is 0 Å². The number of para-hydroxylation sites is 2. The average Bonchev–Trinajstić information content (AvgIpc) is 2.46. The van der Waals surface area contributed by atoms with Gasteiger partial charge in [0.05, 0.1) is 4.92 Å². The summed E-state index contributed by atoms with van der Waals surface area (Å²) in [6.07, 6.45) is 0. The van der Waals surface area contributed by atoms with Crippen LogP contribution in [0.25, 0.3) is 0 Å². The van der Waals surface area contributed by atoms with Crippen LogP contribution < -0.4 is 9.47 Å².